The first-order valence-corrected chi connectivity index (χ1v) is 4.06. The molecule has 0 aromatic heterocycles. The molecule has 0 spiro atoms. The number of rotatable bonds is 4. The summed E-state index contributed by atoms with van der Waals surface area (Å²) in [6, 6.07) is 0. The maximum Gasteiger partial charge on any atom is 0.330 e. The van der Waals surface area contributed by atoms with Crippen LogP contribution in [0.1, 0.15) is 20.3 Å². The van der Waals surface area contributed by atoms with Crippen molar-refractivity contribution < 1.29 is 14.6 Å². The molecule has 0 saturated carbocycles. The van der Waals surface area contributed by atoms with Crippen molar-refractivity contribution in [2.75, 3.05) is 7.11 Å². The van der Waals surface area contributed by atoms with E-state index in [2.05, 4.69) is 4.74 Å². The molecule has 0 aromatic carbocycles. The van der Waals surface area contributed by atoms with Crippen LogP contribution in [-0.4, -0.2) is 24.3 Å². The van der Waals surface area contributed by atoms with Crippen molar-refractivity contribution in [3.63, 3.8) is 0 Å². The van der Waals surface area contributed by atoms with E-state index < -0.39 is 12.1 Å². The van der Waals surface area contributed by atoms with Gasteiger partial charge in [-0.2, -0.15) is 0 Å². The molecular weight excluding hydrogens is 156 g/mol. The monoisotopic (exact) mass is 172 g/mol. The maximum absolute atomic E-state index is 10.6. The molecule has 12 heavy (non-hydrogen) atoms. The Bertz CT molecular complexity index is 163. The highest BCUT2D eigenvalue weighted by atomic mass is 16.5. The summed E-state index contributed by atoms with van der Waals surface area (Å²) in [7, 11) is 1.31. The summed E-state index contributed by atoms with van der Waals surface area (Å²) in [4.78, 5) is 10.6. The first-order valence-electron chi connectivity index (χ1n) is 4.06. The fourth-order valence-electron chi connectivity index (χ4n) is 0.676. The van der Waals surface area contributed by atoms with Gasteiger partial charge in [0.1, 0.15) is 0 Å². The third kappa shape index (κ3) is 4.13. The zero-order chi connectivity index (χ0) is 9.56. The van der Waals surface area contributed by atoms with Crippen LogP contribution in [0.3, 0.4) is 0 Å². The van der Waals surface area contributed by atoms with E-state index in [-0.39, 0.29) is 5.92 Å². The highest BCUT2D eigenvalue weighted by Gasteiger charge is 2.08. The summed E-state index contributed by atoms with van der Waals surface area (Å²) in [5.74, 6) is -0.261. The maximum atomic E-state index is 10.6. The van der Waals surface area contributed by atoms with Crippen LogP contribution < -0.4 is 0 Å². The van der Waals surface area contributed by atoms with E-state index in [1.54, 1.807) is 0 Å². The van der Waals surface area contributed by atoms with Gasteiger partial charge in [0.15, 0.2) is 0 Å². The summed E-state index contributed by atoms with van der Waals surface area (Å²) in [6.45, 7) is 3.91. The largest absolute Gasteiger partial charge is 0.466 e. The molecule has 0 radical (unpaired) electrons. The molecule has 1 N–H and O–H groups in total. The second-order valence-electron chi connectivity index (χ2n) is 2.76. The zero-order valence-electron chi connectivity index (χ0n) is 7.78. The third-order valence-electron chi connectivity index (χ3n) is 1.86. The number of carbonyl (C=O) groups is 1. The minimum atomic E-state index is -0.561. The smallest absolute Gasteiger partial charge is 0.330 e. The Balaban J connectivity index is 3.90. The molecule has 0 saturated heterocycles. The number of hydrogen-bond acceptors (Lipinski definition) is 3. The Morgan fingerprint density at radius 3 is 2.67 bits per heavy atom. The van der Waals surface area contributed by atoms with Crippen LogP contribution in [-0.2, 0) is 9.53 Å². The van der Waals surface area contributed by atoms with Crippen LogP contribution in [0, 0.1) is 5.92 Å². The Kier molecular flexibility index (Phi) is 5.37. The average Bonchev–Trinajstić information content (AvgIpc) is 2.11. The lowest BCUT2D eigenvalue weighted by Gasteiger charge is -2.11. The van der Waals surface area contributed by atoms with Crippen LogP contribution in [0.2, 0.25) is 0 Å². The van der Waals surface area contributed by atoms with Gasteiger partial charge >= 0.3 is 5.97 Å². The first-order chi connectivity index (χ1) is 5.61. The van der Waals surface area contributed by atoms with E-state index >= 15 is 0 Å². The van der Waals surface area contributed by atoms with Crippen molar-refractivity contribution in [3.8, 4) is 0 Å². The van der Waals surface area contributed by atoms with Crippen molar-refractivity contribution in [3.05, 3.63) is 12.2 Å². The molecule has 0 aliphatic rings. The number of aliphatic hydroxyl groups is 1. The number of esters is 1. The van der Waals surface area contributed by atoms with Gasteiger partial charge in [-0.1, -0.05) is 20.3 Å². The van der Waals surface area contributed by atoms with E-state index in [9.17, 15) is 9.90 Å². The van der Waals surface area contributed by atoms with Gasteiger partial charge in [0.2, 0.25) is 0 Å². The number of carbonyl (C=O) groups excluding carboxylic acids is 1. The van der Waals surface area contributed by atoms with Crippen LogP contribution in [0.25, 0.3) is 0 Å². The van der Waals surface area contributed by atoms with Gasteiger partial charge in [-0.25, -0.2) is 4.79 Å². The lowest BCUT2D eigenvalue weighted by Crippen LogP contribution is -2.14. The Morgan fingerprint density at radius 2 is 2.25 bits per heavy atom. The molecule has 0 rings (SSSR count). The zero-order valence-corrected chi connectivity index (χ0v) is 7.78. The molecular formula is C9H16O3. The van der Waals surface area contributed by atoms with Gasteiger partial charge in [-0.3, -0.25) is 0 Å². The highest BCUT2D eigenvalue weighted by molar-refractivity contribution is 5.81. The van der Waals surface area contributed by atoms with Crippen molar-refractivity contribution in [2.24, 2.45) is 5.92 Å². The number of methoxy groups -OCH3 is 1. The quantitative estimate of drug-likeness (QED) is 0.510. The van der Waals surface area contributed by atoms with E-state index in [1.165, 1.54) is 19.3 Å². The van der Waals surface area contributed by atoms with Crippen molar-refractivity contribution in [1.82, 2.24) is 0 Å². The van der Waals surface area contributed by atoms with Crippen LogP contribution in [0.4, 0.5) is 0 Å². The summed E-state index contributed by atoms with van der Waals surface area (Å²) in [5.41, 5.74) is 0. The molecule has 0 aromatic rings. The van der Waals surface area contributed by atoms with E-state index in [1.807, 2.05) is 13.8 Å². The van der Waals surface area contributed by atoms with Crippen LogP contribution in [0.15, 0.2) is 12.2 Å². The number of hydrogen-bond donors (Lipinski definition) is 1. The predicted molar refractivity (Wildman–Crippen MR) is 46.6 cm³/mol. The molecule has 3 heteroatoms. The summed E-state index contributed by atoms with van der Waals surface area (Å²) >= 11 is 0. The summed E-state index contributed by atoms with van der Waals surface area (Å²) in [6.07, 6.45) is 3.03. The normalized spacial score (nSPS) is 16.0. The Labute approximate surface area is 73.0 Å². The lowest BCUT2D eigenvalue weighted by atomic mass is 10.0. The van der Waals surface area contributed by atoms with Gasteiger partial charge in [0.25, 0.3) is 0 Å². The van der Waals surface area contributed by atoms with E-state index in [0.29, 0.717) is 0 Å². The second kappa shape index (κ2) is 5.77. The molecule has 70 valence electrons. The van der Waals surface area contributed by atoms with Gasteiger partial charge < -0.3 is 9.84 Å². The average molecular weight is 172 g/mol. The molecule has 0 amide bonds. The molecule has 0 aliphatic heterocycles. The highest BCUT2D eigenvalue weighted by Crippen LogP contribution is 2.07. The van der Waals surface area contributed by atoms with Crippen molar-refractivity contribution in [1.29, 1.82) is 0 Å². The number of ether oxygens (including phenoxy) is 1. The SMILES string of the molecule is CC[C@@H](C)[C@H](O)/C=C/C(=O)OC. The van der Waals surface area contributed by atoms with Gasteiger partial charge in [0.05, 0.1) is 13.2 Å². The third-order valence-corrected chi connectivity index (χ3v) is 1.86. The van der Waals surface area contributed by atoms with Gasteiger partial charge in [0, 0.05) is 6.08 Å². The Morgan fingerprint density at radius 1 is 1.67 bits per heavy atom. The van der Waals surface area contributed by atoms with E-state index in [4.69, 9.17) is 0 Å². The van der Waals surface area contributed by atoms with E-state index in [0.717, 1.165) is 6.42 Å². The fourth-order valence-corrected chi connectivity index (χ4v) is 0.676. The fraction of sp³-hybridized carbons (Fsp3) is 0.667. The topological polar surface area (TPSA) is 46.5 Å². The molecule has 0 unspecified atom stereocenters. The van der Waals surface area contributed by atoms with Crippen LogP contribution in [0.5, 0.6) is 0 Å². The molecule has 0 aliphatic carbocycles. The minimum Gasteiger partial charge on any atom is -0.466 e. The Hall–Kier alpha value is -0.830. The van der Waals surface area contributed by atoms with Crippen LogP contribution >= 0.6 is 0 Å². The second-order valence-corrected chi connectivity index (χ2v) is 2.76. The standard InChI is InChI=1S/C9H16O3/c1-4-7(2)8(10)5-6-9(11)12-3/h5-8,10H,4H2,1-3H3/b6-5+/t7-,8-/m1/s1. The first kappa shape index (κ1) is 11.2. The molecule has 3 nitrogen and oxygen atoms in total. The van der Waals surface area contributed by atoms with Gasteiger partial charge in [-0.05, 0) is 12.0 Å². The predicted octanol–water partition coefficient (Wildman–Crippen LogP) is 1.12. The number of aliphatic hydroxyl groups excluding tert-OH is 1. The summed E-state index contributed by atoms with van der Waals surface area (Å²) < 4.78 is 4.38. The molecule has 0 bridgehead atoms. The summed E-state index contributed by atoms with van der Waals surface area (Å²) in [5, 5.41) is 9.37. The molecule has 0 fully saturated rings. The molecule has 2 atom stereocenters. The molecule has 0 heterocycles. The van der Waals surface area contributed by atoms with Crippen molar-refractivity contribution in [2.45, 2.75) is 26.4 Å². The lowest BCUT2D eigenvalue weighted by molar-refractivity contribution is -0.134. The van der Waals surface area contributed by atoms with Crippen molar-refractivity contribution >= 4 is 5.97 Å². The van der Waals surface area contributed by atoms with Gasteiger partial charge in [-0.15, -0.1) is 0 Å². The minimum absolute atomic E-state index is 0.172.